The van der Waals surface area contributed by atoms with Crippen molar-refractivity contribution in [3.63, 3.8) is 0 Å². The average molecular weight is 662 g/mol. The molecule has 4 unspecified atom stereocenters. The first kappa shape index (κ1) is 34.4. The summed E-state index contributed by atoms with van der Waals surface area (Å²) in [4.78, 5) is 0. The number of alkyl halides is 26. The molecule has 0 saturated heterocycles. The Balaban J connectivity index is 3.47. The third-order valence-corrected chi connectivity index (χ3v) is 6.30. The van der Waals surface area contributed by atoms with Gasteiger partial charge < -0.3 is 0 Å². The highest BCUT2D eigenvalue weighted by Gasteiger charge is 3.18. The summed E-state index contributed by atoms with van der Waals surface area (Å²) in [5.74, 6) is -75.4. The van der Waals surface area contributed by atoms with E-state index in [1.807, 2.05) is 0 Å². The summed E-state index contributed by atoms with van der Waals surface area (Å²) in [6, 6.07) is 0. The van der Waals surface area contributed by atoms with Crippen LogP contribution in [0, 0.1) is 0 Å². The maximum absolute atomic E-state index is 14.9. The zero-order valence-electron chi connectivity index (χ0n) is 16.8. The summed E-state index contributed by atoms with van der Waals surface area (Å²) < 4.78 is 359. The Morgan fingerprint density at radius 3 is 0.775 bits per heavy atom. The molecule has 40 heavy (non-hydrogen) atoms. The Hall–Kier alpha value is -1.82. The van der Waals surface area contributed by atoms with Crippen LogP contribution in [0.5, 0.6) is 0 Å². The molecule has 0 aromatic heterocycles. The monoisotopic (exact) mass is 662 g/mol. The van der Waals surface area contributed by atoms with E-state index < -0.39 is 82.4 Å². The Morgan fingerprint density at radius 1 is 0.275 bits per heavy atom. The molecule has 26 heteroatoms. The lowest BCUT2D eigenvalue weighted by atomic mass is 9.49. The summed E-state index contributed by atoms with van der Waals surface area (Å²) in [5, 5.41) is 0. The number of hydrogen-bond acceptors (Lipinski definition) is 0. The van der Waals surface area contributed by atoms with Crippen molar-refractivity contribution < 1.29 is 114 Å². The second-order valence-electron chi connectivity index (χ2n) is 8.22. The van der Waals surface area contributed by atoms with Crippen molar-refractivity contribution in [1.29, 1.82) is 0 Å². The van der Waals surface area contributed by atoms with E-state index in [9.17, 15) is 114 Å². The Kier molecular flexibility index (Phi) is 6.19. The predicted octanol–water partition coefficient (Wildman–Crippen LogP) is 8.05. The van der Waals surface area contributed by atoms with Crippen molar-refractivity contribution >= 4 is 0 Å². The van der Waals surface area contributed by atoms with Crippen molar-refractivity contribution in [3.05, 3.63) is 0 Å². The van der Waals surface area contributed by atoms with E-state index in [-0.39, 0.29) is 0 Å². The fourth-order valence-corrected chi connectivity index (χ4v) is 4.17. The Morgan fingerprint density at radius 2 is 0.525 bits per heavy atom. The maximum atomic E-state index is 14.9. The summed E-state index contributed by atoms with van der Waals surface area (Å²) in [6.45, 7) is 0. The molecule has 2 fully saturated rings. The van der Waals surface area contributed by atoms with Crippen molar-refractivity contribution in [2.75, 3.05) is 0 Å². The van der Waals surface area contributed by atoms with Crippen LogP contribution in [0.4, 0.5) is 114 Å². The zero-order valence-corrected chi connectivity index (χ0v) is 16.8. The lowest BCUT2D eigenvalue weighted by molar-refractivity contribution is -0.568. The topological polar surface area (TPSA) is 0 Å². The molecule has 0 aromatic rings. The molecule has 2 aliphatic carbocycles. The quantitative estimate of drug-likeness (QED) is 0.263. The van der Waals surface area contributed by atoms with Crippen LogP contribution < -0.4 is 0 Å². The van der Waals surface area contributed by atoms with Gasteiger partial charge in [-0.15, -0.1) is 0 Å². The largest absolute Gasteiger partial charge is 0.457 e. The van der Waals surface area contributed by atoms with Crippen LogP contribution in [0.2, 0.25) is 0 Å². The molecule has 2 aliphatic rings. The molecular weight excluding hydrogens is 662 g/mol. The highest BCUT2D eigenvalue weighted by Crippen LogP contribution is 2.83. The average Bonchev–Trinajstić information content (AvgIpc) is 2.72. The summed E-state index contributed by atoms with van der Waals surface area (Å²) in [5.41, 5.74) is -39.6. The minimum Gasteiger partial charge on any atom is -0.226 e. The van der Waals surface area contributed by atoms with Gasteiger partial charge in [0.2, 0.25) is 0 Å². The third kappa shape index (κ3) is 2.52. The van der Waals surface area contributed by atoms with E-state index >= 15 is 0 Å². The number of fused-ring (bicyclic) bond motifs is 1. The molecule has 2 saturated carbocycles. The van der Waals surface area contributed by atoms with Gasteiger partial charge in [0.25, 0.3) is 17.0 Å². The third-order valence-electron chi connectivity index (χ3n) is 6.30. The van der Waals surface area contributed by atoms with Crippen LogP contribution in [0.3, 0.4) is 0 Å². The molecule has 0 aromatic carbocycles. The van der Waals surface area contributed by atoms with Crippen molar-refractivity contribution in [1.82, 2.24) is 0 Å². The van der Waals surface area contributed by atoms with Gasteiger partial charge in [-0.1, -0.05) is 0 Å². The zero-order chi connectivity index (χ0) is 33.0. The SMILES string of the molecule is FC(F)(F)C(F)(F)C(F)(C(F)(F)F)C1(F)C(F)(F)C(F)(F)C2(F)C(F)(F)C(F)(F)C(F)(F)C(F)(F)C2(F)C1(F)F. The van der Waals surface area contributed by atoms with Crippen LogP contribution in [0.1, 0.15) is 0 Å². The van der Waals surface area contributed by atoms with E-state index in [1.54, 1.807) is 0 Å². The fourth-order valence-electron chi connectivity index (χ4n) is 4.17. The van der Waals surface area contributed by atoms with Gasteiger partial charge in [0.1, 0.15) is 0 Å². The summed E-state index contributed by atoms with van der Waals surface area (Å²) in [6.07, 6.45) is -18.0. The van der Waals surface area contributed by atoms with E-state index in [1.165, 1.54) is 0 Å². The molecule has 2 rings (SSSR count). The van der Waals surface area contributed by atoms with Crippen molar-refractivity contribution in [2.45, 2.75) is 82.4 Å². The molecular formula is C14F26. The van der Waals surface area contributed by atoms with Crippen LogP contribution in [-0.4, -0.2) is 82.4 Å². The number of halogens is 26. The molecule has 0 amide bonds. The van der Waals surface area contributed by atoms with E-state index in [0.29, 0.717) is 0 Å². The molecule has 0 radical (unpaired) electrons. The van der Waals surface area contributed by atoms with Crippen LogP contribution in [0.15, 0.2) is 0 Å². The van der Waals surface area contributed by atoms with E-state index in [4.69, 9.17) is 0 Å². The molecule has 0 heterocycles. The van der Waals surface area contributed by atoms with Gasteiger partial charge in [-0.25, -0.2) is 17.6 Å². The number of hydrogen-bond donors (Lipinski definition) is 0. The first-order chi connectivity index (χ1) is 16.8. The minimum atomic E-state index is -10.2. The molecule has 0 aliphatic heterocycles. The molecule has 238 valence electrons. The predicted molar refractivity (Wildman–Crippen MR) is 67.0 cm³/mol. The van der Waals surface area contributed by atoms with Crippen molar-refractivity contribution in [3.8, 4) is 0 Å². The summed E-state index contributed by atoms with van der Waals surface area (Å²) >= 11 is 0. The van der Waals surface area contributed by atoms with Gasteiger partial charge in [0.05, 0.1) is 0 Å². The van der Waals surface area contributed by atoms with Gasteiger partial charge in [-0.3, -0.25) is 0 Å². The summed E-state index contributed by atoms with van der Waals surface area (Å²) in [7, 11) is 0. The molecule has 4 atom stereocenters. The second-order valence-corrected chi connectivity index (χ2v) is 8.22. The Labute approximate surface area is 198 Å². The lowest BCUT2D eigenvalue weighted by Gasteiger charge is -2.66. The molecule has 0 N–H and O–H groups in total. The van der Waals surface area contributed by atoms with E-state index in [2.05, 4.69) is 0 Å². The van der Waals surface area contributed by atoms with Crippen LogP contribution in [-0.2, 0) is 0 Å². The van der Waals surface area contributed by atoms with Crippen LogP contribution >= 0.6 is 0 Å². The van der Waals surface area contributed by atoms with Gasteiger partial charge in [0.15, 0.2) is 0 Å². The molecule has 0 bridgehead atoms. The molecule has 0 nitrogen and oxygen atoms in total. The van der Waals surface area contributed by atoms with Gasteiger partial charge in [0, 0.05) is 0 Å². The van der Waals surface area contributed by atoms with Gasteiger partial charge >= 0.3 is 65.4 Å². The van der Waals surface area contributed by atoms with Crippen LogP contribution in [0.25, 0.3) is 0 Å². The molecule has 0 spiro atoms. The van der Waals surface area contributed by atoms with Gasteiger partial charge in [-0.2, -0.15) is 96.6 Å². The Bertz CT molecular complexity index is 1060. The smallest absolute Gasteiger partial charge is 0.226 e. The first-order valence-corrected chi connectivity index (χ1v) is 8.66. The second kappa shape index (κ2) is 7.21. The number of rotatable bonds is 2. The highest BCUT2D eigenvalue weighted by atomic mass is 19.4. The van der Waals surface area contributed by atoms with Crippen molar-refractivity contribution in [2.24, 2.45) is 0 Å². The lowest BCUT2D eigenvalue weighted by Crippen LogP contribution is -3.01. The van der Waals surface area contributed by atoms with E-state index in [0.717, 1.165) is 0 Å². The minimum absolute atomic E-state index is 8.76. The van der Waals surface area contributed by atoms with Gasteiger partial charge in [-0.05, 0) is 0 Å². The first-order valence-electron chi connectivity index (χ1n) is 8.66. The normalized spacial score (nSPS) is 39.1. The fraction of sp³-hybridized carbons (Fsp3) is 1.00. The standard InChI is InChI=1S/C14F26/c15-1-2(16,9(27,28)12(33,34)11(31,32)8(1,25)26)6(21,22)7(23,24)3(17,5(1,19)20)4(18,13(35,36)37)10(29,30)14(38,39)40. The highest BCUT2D eigenvalue weighted by molar-refractivity contribution is 5.46. The maximum Gasteiger partial charge on any atom is 0.457 e.